The quantitative estimate of drug-likeness (QED) is 0.846. The molecular formula is C10H16ClN3O. The van der Waals surface area contributed by atoms with Gasteiger partial charge in [0.25, 0.3) is 0 Å². The molecule has 0 aliphatic carbocycles. The van der Waals surface area contributed by atoms with Crippen molar-refractivity contribution in [2.75, 3.05) is 12.3 Å². The topological polar surface area (TPSA) is 53.1 Å². The summed E-state index contributed by atoms with van der Waals surface area (Å²) in [5.74, 6) is 0.568. The summed E-state index contributed by atoms with van der Waals surface area (Å²) in [5.41, 5.74) is 5.85. The molecule has 1 aromatic heterocycles. The molecular weight excluding hydrogens is 214 g/mol. The lowest BCUT2D eigenvalue weighted by molar-refractivity contribution is -0.00893. The van der Waals surface area contributed by atoms with E-state index in [2.05, 4.69) is 12.0 Å². The van der Waals surface area contributed by atoms with Crippen LogP contribution in [0.1, 0.15) is 32.2 Å². The number of aromatic nitrogens is 2. The van der Waals surface area contributed by atoms with Gasteiger partial charge in [-0.05, 0) is 19.3 Å². The Kier molecular flexibility index (Phi) is 3.17. The number of anilines is 1. The van der Waals surface area contributed by atoms with Gasteiger partial charge in [-0.3, -0.25) is 0 Å². The molecule has 2 N–H and O–H groups in total. The van der Waals surface area contributed by atoms with Gasteiger partial charge in [0.05, 0.1) is 18.3 Å². The van der Waals surface area contributed by atoms with Crippen molar-refractivity contribution < 1.29 is 4.74 Å². The highest BCUT2D eigenvalue weighted by atomic mass is 35.5. The molecule has 1 aromatic rings. The lowest BCUT2D eigenvalue weighted by Crippen LogP contribution is -2.28. The Morgan fingerprint density at radius 3 is 3.13 bits per heavy atom. The fourth-order valence-corrected chi connectivity index (χ4v) is 2.14. The van der Waals surface area contributed by atoms with Gasteiger partial charge in [0, 0.05) is 6.61 Å². The van der Waals surface area contributed by atoms with Crippen LogP contribution in [0.25, 0.3) is 0 Å². The molecule has 0 saturated carbocycles. The van der Waals surface area contributed by atoms with Crippen LogP contribution in [0.15, 0.2) is 6.20 Å². The number of rotatable bonds is 2. The normalized spacial score (nSPS) is 26.8. The fraction of sp³-hybridized carbons (Fsp3) is 0.700. The Bertz CT molecular complexity index is 339. The minimum Gasteiger partial charge on any atom is -0.383 e. The van der Waals surface area contributed by atoms with Crippen molar-refractivity contribution in [2.24, 2.45) is 0 Å². The maximum absolute atomic E-state index is 5.88. The van der Waals surface area contributed by atoms with Crippen LogP contribution < -0.4 is 5.73 Å². The second-order valence-corrected chi connectivity index (χ2v) is 4.31. The maximum atomic E-state index is 5.88. The van der Waals surface area contributed by atoms with Crippen LogP contribution in [0.4, 0.5) is 5.82 Å². The van der Waals surface area contributed by atoms with Crippen LogP contribution in [-0.4, -0.2) is 22.5 Å². The van der Waals surface area contributed by atoms with Crippen LogP contribution in [0, 0.1) is 0 Å². The van der Waals surface area contributed by atoms with Gasteiger partial charge in [-0.15, -0.1) is 0 Å². The number of nitrogens with two attached hydrogens (primary N) is 1. The number of nitrogens with zero attached hydrogens (tertiary/aromatic N) is 2. The Morgan fingerprint density at radius 2 is 2.53 bits per heavy atom. The van der Waals surface area contributed by atoms with Gasteiger partial charge in [-0.25, -0.2) is 4.68 Å². The average Bonchev–Trinajstić information content (AvgIpc) is 2.60. The van der Waals surface area contributed by atoms with Crippen LogP contribution >= 0.6 is 11.6 Å². The summed E-state index contributed by atoms with van der Waals surface area (Å²) in [6.07, 6.45) is 4.89. The molecule has 1 aliphatic heterocycles. The van der Waals surface area contributed by atoms with E-state index >= 15 is 0 Å². The molecule has 4 nitrogen and oxygen atoms in total. The van der Waals surface area contributed by atoms with E-state index in [1.54, 1.807) is 6.20 Å². The average molecular weight is 230 g/mol. The highest BCUT2D eigenvalue weighted by Crippen LogP contribution is 2.30. The molecule has 2 heterocycles. The predicted octanol–water partition coefficient (Wildman–Crippen LogP) is 2.25. The zero-order valence-corrected chi connectivity index (χ0v) is 9.57. The number of hydrogen-bond acceptors (Lipinski definition) is 3. The molecule has 2 unspecified atom stereocenters. The molecule has 0 aromatic carbocycles. The molecule has 0 amide bonds. The van der Waals surface area contributed by atoms with Gasteiger partial charge in [0.1, 0.15) is 10.8 Å². The molecule has 2 rings (SSSR count). The van der Waals surface area contributed by atoms with Gasteiger partial charge in [-0.1, -0.05) is 18.5 Å². The van der Waals surface area contributed by atoms with Crippen LogP contribution in [0.3, 0.4) is 0 Å². The first-order valence-electron chi connectivity index (χ1n) is 5.32. The molecule has 1 saturated heterocycles. The third-order valence-corrected chi connectivity index (χ3v) is 3.22. The lowest BCUT2D eigenvalue weighted by atomic mass is 10.0. The summed E-state index contributed by atoms with van der Waals surface area (Å²) >= 11 is 5.88. The number of halogens is 1. The first kappa shape index (κ1) is 10.8. The van der Waals surface area contributed by atoms with Gasteiger partial charge in [-0.2, -0.15) is 5.10 Å². The summed E-state index contributed by atoms with van der Waals surface area (Å²) in [6.45, 7) is 2.91. The van der Waals surface area contributed by atoms with Crippen molar-refractivity contribution >= 4 is 17.4 Å². The van der Waals surface area contributed by atoms with Gasteiger partial charge < -0.3 is 10.5 Å². The van der Waals surface area contributed by atoms with Gasteiger partial charge in [0.15, 0.2) is 0 Å². The second-order valence-electron chi connectivity index (χ2n) is 3.90. The predicted molar refractivity (Wildman–Crippen MR) is 60.0 cm³/mol. The first-order chi connectivity index (χ1) is 7.22. The monoisotopic (exact) mass is 229 g/mol. The summed E-state index contributed by atoms with van der Waals surface area (Å²) in [7, 11) is 0. The van der Waals surface area contributed by atoms with Crippen molar-refractivity contribution in [3.8, 4) is 0 Å². The molecule has 0 radical (unpaired) electrons. The highest BCUT2D eigenvalue weighted by molar-refractivity contribution is 6.32. The van der Waals surface area contributed by atoms with E-state index in [0.29, 0.717) is 23.0 Å². The van der Waals surface area contributed by atoms with Crippen molar-refractivity contribution in [3.05, 3.63) is 11.2 Å². The number of ether oxygens (including phenoxy) is 1. The van der Waals surface area contributed by atoms with E-state index in [9.17, 15) is 0 Å². The third-order valence-electron chi connectivity index (χ3n) is 2.93. The lowest BCUT2D eigenvalue weighted by Gasteiger charge is -2.29. The van der Waals surface area contributed by atoms with E-state index < -0.39 is 0 Å². The minimum atomic E-state index is 0.325. The molecule has 84 valence electrons. The molecule has 0 spiro atoms. The van der Waals surface area contributed by atoms with Crippen molar-refractivity contribution in [2.45, 2.75) is 38.3 Å². The molecule has 1 aliphatic rings. The van der Waals surface area contributed by atoms with Crippen LogP contribution in [-0.2, 0) is 4.74 Å². The van der Waals surface area contributed by atoms with E-state index in [-0.39, 0.29) is 0 Å². The van der Waals surface area contributed by atoms with Crippen molar-refractivity contribution in [1.29, 1.82) is 0 Å². The first-order valence-corrected chi connectivity index (χ1v) is 5.70. The van der Waals surface area contributed by atoms with E-state index in [4.69, 9.17) is 22.1 Å². The van der Waals surface area contributed by atoms with Gasteiger partial charge in [0.2, 0.25) is 0 Å². The van der Waals surface area contributed by atoms with E-state index in [1.165, 1.54) is 0 Å². The third kappa shape index (κ3) is 2.11. The Morgan fingerprint density at radius 1 is 1.73 bits per heavy atom. The maximum Gasteiger partial charge on any atom is 0.140 e. The summed E-state index contributed by atoms with van der Waals surface area (Å²) in [6, 6.07) is 0.330. The Balaban J connectivity index is 2.13. The Labute approximate surface area is 94.3 Å². The summed E-state index contributed by atoms with van der Waals surface area (Å²) < 4.78 is 7.44. The Hall–Kier alpha value is -0.740. The standard InChI is InChI=1S/C10H16ClN3O/c1-2-8-5-7(3-4-15-8)14-10(12)9(11)6-13-14/h6-8H,2-5,12H2,1H3. The molecule has 1 fully saturated rings. The van der Waals surface area contributed by atoms with Crippen LogP contribution in [0.2, 0.25) is 5.02 Å². The smallest absolute Gasteiger partial charge is 0.140 e. The molecule has 2 atom stereocenters. The zero-order valence-electron chi connectivity index (χ0n) is 8.82. The summed E-state index contributed by atoms with van der Waals surface area (Å²) in [4.78, 5) is 0. The van der Waals surface area contributed by atoms with Crippen LogP contribution in [0.5, 0.6) is 0 Å². The highest BCUT2D eigenvalue weighted by Gasteiger charge is 2.24. The van der Waals surface area contributed by atoms with Gasteiger partial charge >= 0.3 is 0 Å². The number of hydrogen-bond donors (Lipinski definition) is 1. The number of nitrogen functional groups attached to an aromatic ring is 1. The molecule has 5 heteroatoms. The van der Waals surface area contributed by atoms with Crippen molar-refractivity contribution in [3.63, 3.8) is 0 Å². The zero-order chi connectivity index (χ0) is 10.8. The fourth-order valence-electron chi connectivity index (χ4n) is 2.01. The molecule has 0 bridgehead atoms. The summed E-state index contributed by atoms with van der Waals surface area (Å²) in [5, 5.41) is 4.75. The van der Waals surface area contributed by atoms with E-state index in [1.807, 2.05) is 4.68 Å². The SMILES string of the molecule is CCC1CC(n2ncc(Cl)c2N)CCO1. The minimum absolute atomic E-state index is 0.325. The van der Waals surface area contributed by atoms with Crippen molar-refractivity contribution in [1.82, 2.24) is 9.78 Å². The second kappa shape index (κ2) is 4.41. The largest absolute Gasteiger partial charge is 0.383 e. The molecule has 15 heavy (non-hydrogen) atoms. The van der Waals surface area contributed by atoms with E-state index in [0.717, 1.165) is 25.9 Å².